The Morgan fingerprint density at radius 1 is 1.15 bits per heavy atom. The normalized spacial score (nSPS) is 23.9. The number of carbonyl (C=O) groups is 1. The second-order valence-corrected chi connectivity index (χ2v) is 15.4. The molecule has 2 saturated carbocycles. The highest BCUT2D eigenvalue weighted by atomic mass is 35.5. The molecule has 1 amide bonds. The third-order valence-electron chi connectivity index (χ3n) is 11.4. The predicted molar refractivity (Wildman–Crippen MR) is 190 cm³/mol. The van der Waals surface area contributed by atoms with Crippen molar-refractivity contribution in [2.75, 3.05) is 13.1 Å². The summed E-state index contributed by atoms with van der Waals surface area (Å²) in [7, 11) is 0. The molecular formula is C38H33Cl2F4N7O2. The van der Waals surface area contributed by atoms with Crippen LogP contribution in [0.2, 0.25) is 10.0 Å². The standard InChI is InChI=1S/C38H33Cl2F4N7O2/c1-18-24-15-29(28-14-22(17-49(28)37(52)19-7-8-19)53-30-9-11-47-51(30)38(42,43)44)50(35-21-13-27(35)46-16-21)36(24)25-12-20(4-3-10-45)31(33(41)34(25)48-18)23-5-2-6-26(39)32(23)40/h2,5-6,9,11-12,15,19,21-22,27-28,35,46H,3-4,7-8,13-14,16-17H2,1H3. The van der Waals surface area contributed by atoms with E-state index in [9.17, 15) is 23.2 Å². The summed E-state index contributed by atoms with van der Waals surface area (Å²) in [6.07, 6.45) is -1.36. The van der Waals surface area contributed by atoms with E-state index in [1.54, 1.807) is 23.1 Å². The first kappa shape index (κ1) is 34.4. The van der Waals surface area contributed by atoms with E-state index in [-0.39, 0.29) is 81.4 Å². The van der Waals surface area contributed by atoms with E-state index in [0.717, 1.165) is 48.6 Å². The lowest BCUT2D eigenvalue weighted by Gasteiger charge is -2.39. The number of likely N-dealkylation sites (tertiary alicyclic amines) is 1. The zero-order valence-corrected chi connectivity index (χ0v) is 29.9. The van der Waals surface area contributed by atoms with Gasteiger partial charge in [-0.15, -0.1) is 17.9 Å². The first-order valence-electron chi connectivity index (χ1n) is 17.7. The number of amides is 1. The van der Waals surface area contributed by atoms with Gasteiger partial charge in [0.15, 0.2) is 5.82 Å². The largest absolute Gasteiger partial charge is 0.507 e. The van der Waals surface area contributed by atoms with Crippen LogP contribution in [0.4, 0.5) is 17.6 Å². The molecular weight excluding hydrogens is 733 g/mol. The topological polar surface area (TPSA) is 101 Å². The fraction of sp³-hybridized carbons (Fsp3) is 0.421. The van der Waals surface area contributed by atoms with Gasteiger partial charge in [-0.3, -0.25) is 4.79 Å². The lowest BCUT2D eigenvalue weighted by molar-refractivity contribution is -0.215. The highest BCUT2D eigenvalue weighted by Gasteiger charge is 2.51. The number of pyridine rings is 1. The number of fused-ring (bicyclic) bond motifs is 4. The molecule has 274 valence electrons. The minimum atomic E-state index is -4.77. The van der Waals surface area contributed by atoms with Gasteiger partial charge in [0, 0.05) is 70.7 Å². The van der Waals surface area contributed by atoms with Crippen molar-refractivity contribution in [3.63, 3.8) is 0 Å². The van der Waals surface area contributed by atoms with Crippen molar-refractivity contribution < 1.29 is 27.1 Å². The van der Waals surface area contributed by atoms with Crippen LogP contribution in [0.15, 0.2) is 42.6 Å². The summed E-state index contributed by atoms with van der Waals surface area (Å²) in [5.74, 6) is -0.924. The summed E-state index contributed by atoms with van der Waals surface area (Å²) in [6, 6.07) is 11.9. The second kappa shape index (κ2) is 12.6. The number of alkyl halides is 3. The maximum absolute atomic E-state index is 17.2. The highest BCUT2D eigenvalue weighted by molar-refractivity contribution is 6.43. The number of halogens is 6. The Morgan fingerprint density at radius 2 is 1.96 bits per heavy atom. The Balaban J connectivity index is 1.25. The minimum absolute atomic E-state index is 0.00956. The number of ether oxygens (including phenoxy) is 1. The number of carbonyl (C=O) groups excluding carboxylic acids is 1. The van der Waals surface area contributed by atoms with E-state index in [0.29, 0.717) is 22.2 Å². The smallest absolute Gasteiger partial charge is 0.472 e. The van der Waals surface area contributed by atoms with Crippen molar-refractivity contribution in [3.8, 4) is 23.1 Å². The van der Waals surface area contributed by atoms with Gasteiger partial charge in [0.2, 0.25) is 11.8 Å². The number of benzene rings is 2. The Bertz CT molecular complexity index is 2350. The average Bonchev–Trinajstić information content (AvgIpc) is 3.59. The minimum Gasteiger partial charge on any atom is -0.472 e. The molecule has 3 aromatic heterocycles. The third-order valence-corrected chi connectivity index (χ3v) is 12.2. The first-order valence-corrected chi connectivity index (χ1v) is 18.5. The van der Waals surface area contributed by atoms with Crippen LogP contribution in [0, 0.1) is 35.9 Å². The molecule has 2 bridgehead atoms. The Labute approximate surface area is 311 Å². The van der Waals surface area contributed by atoms with Crippen molar-refractivity contribution in [1.29, 1.82) is 5.26 Å². The number of aryl methyl sites for hydroxylation is 2. The number of hydrogen-bond acceptors (Lipinski definition) is 6. The summed E-state index contributed by atoms with van der Waals surface area (Å²) < 4.78 is 66.5. The molecule has 5 aliphatic rings. The van der Waals surface area contributed by atoms with Crippen molar-refractivity contribution in [2.45, 2.75) is 76.0 Å². The van der Waals surface area contributed by atoms with Crippen molar-refractivity contribution >= 4 is 50.9 Å². The number of nitrogens with zero attached hydrogens (tertiary/aromatic N) is 6. The van der Waals surface area contributed by atoms with E-state index >= 15 is 4.39 Å². The van der Waals surface area contributed by atoms with Crippen LogP contribution in [0.1, 0.15) is 61.1 Å². The summed E-state index contributed by atoms with van der Waals surface area (Å²) in [5, 5.41) is 18.4. The van der Waals surface area contributed by atoms with Crippen LogP contribution < -0.4 is 10.1 Å². The van der Waals surface area contributed by atoms with Gasteiger partial charge >= 0.3 is 6.30 Å². The lowest BCUT2D eigenvalue weighted by atomic mass is 9.79. The van der Waals surface area contributed by atoms with Crippen LogP contribution in [0.25, 0.3) is 32.9 Å². The third kappa shape index (κ3) is 5.55. The van der Waals surface area contributed by atoms with Gasteiger partial charge in [0.1, 0.15) is 11.6 Å². The zero-order chi connectivity index (χ0) is 36.9. The SMILES string of the molecule is Cc1nc2c(F)c(-c3cccc(Cl)c3Cl)c(CCC#N)cc2c2c1cc(C1CC(Oc3ccnn3C(F)(F)F)CN1C(=O)C1CC1)n2C1C2CNC1C2. The molecule has 15 heteroatoms. The molecule has 0 radical (unpaired) electrons. The molecule has 3 saturated heterocycles. The fourth-order valence-corrected chi connectivity index (χ4v) is 9.21. The van der Waals surface area contributed by atoms with Crippen molar-refractivity contribution in [2.24, 2.45) is 11.8 Å². The molecule has 5 fully saturated rings. The van der Waals surface area contributed by atoms with Gasteiger partial charge in [0.05, 0.1) is 46.5 Å². The van der Waals surface area contributed by atoms with Crippen LogP contribution in [0.3, 0.4) is 0 Å². The summed E-state index contributed by atoms with van der Waals surface area (Å²) in [5.41, 5.74) is 3.53. The molecule has 3 aliphatic heterocycles. The number of rotatable bonds is 8. The van der Waals surface area contributed by atoms with Gasteiger partial charge in [-0.2, -0.15) is 10.4 Å². The Kier molecular flexibility index (Phi) is 8.18. The van der Waals surface area contributed by atoms with Crippen LogP contribution in [-0.4, -0.2) is 55.4 Å². The van der Waals surface area contributed by atoms with Crippen LogP contribution in [0.5, 0.6) is 5.88 Å². The van der Waals surface area contributed by atoms with E-state index in [1.165, 1.54) is 6.07 Å². The van der Waals surface area contributed by atoms with Gasteiger partial charge < -0.3 is 19.5 Å². The molecule has 5 atom stereocenters. The number of nitriles is 1. The number of aromatic nitrogens is 4. The highest BCUT2D eigenvalue weighted by Crippen LogP contribution is 2.51. The molecule has 1 N–H and O–H groups in total. The van der Waals surface area contributed by atoms with Crippen LogP contribution >= 0.6 is 23.2 Å². The van der Waals surface area contributed by atoms with Gasteiger partial charge in [-0.1, -0.05) is 35.3 Å². The van der Waals surface area contributed by atoms with E-state index in [1.807, 2.05) is 19.1 Å². The molecule has 5 aromatic rings. The van der Waals surface area contributed by atoms with E-state index < -0.39 is 30.1 Å². The summed E-state index contributed by atoms with van der Waals surface area (Å²) in [4.78, 5) is 20.5. The molecule has 2 aromatic carbocycles. The maximum atomic E-state index is 17.2. The Hall–Kier alpha value is -4.38. The van der Waals surface area contributed by atoms with Crippen LogP contribution in [-0.2, 0) is 17.5 Å². The molecule has 9 nitrogen and oxygen atoms in total. The number of nitrogens with one attached hydrogen (secondary N) is 1. The predicted octanol–water partition coefficient (Wildman–Crippen LogP) is 8.40. The molecule has 2 aliphatic carbocycles. The number of hydrogen-bond donors (Lipinski definition) is 1. The molecule has 53 heavy (non-hydrogen) atoms. The molecule has 10 rings (SSSR count). The van der Waals surface area contributed by atoms with Gasteiger partial charge in [-0.05, 0) is 62.3 Å². The van der Waals surface area contributed by atoms with E-state index in [2.05, 4.69) is 21.1 Å². The lowest BCUT2D eigenvalue weighted by Crippen LogP contribution is -2.41. The monoisotopic (exact) mass is 765 g/mol. The summed E-state index contributed by atoms with van der Waals surface area (Å²) in [6.45, 7) is 2.73. The molecule has 0 spiro atoms. The van der Waals surface area contributed by atoms with E-state index in [4.69, 9.17) is 32.9 Å². The quantitative estimate of drug-likeness (QED) is 0.159. The van der Waals surface area contributed by atoms with Crippen molar-refractivity contribution in [3.05, 3.63) is 75.4 Å². The second-order valence-electron chi connectivity index (χ2n) is 14.6. The molecule has 6 heterocycles. The zero-order valence-electron chi connectivity index (χ0n) is 28.4. The maximum Gasteiger partial charge on any atom is 0.507 e. The Morgan fingerprint density at radius 3 is 2.66 bits per heavy atom. The average molecular weight is 767 g/mol. The van der Waals surface area contributed by atoms with Gasteiger partial charge in [0.25, 0.3) is 0 Å². The van der Waals surface area contributed by atoms with Crippen molar-refractivity contribution in [1.82, 2.24) is 29.5 Å². The van der Waals surface area contributed by atoms with Gasteiger partial charge in [-0.25, -0.2) is 9.37 Å². The fourth-order valence-electron chi connectivity index (χ4n) is 8.81. The summed E-state index contributed by atoms with van der Waals surface area (Å²) >= 11 is 13.0. The molecule has 5 unspecified atom stereocenters. The first-order chi connectivity index (χ1) is 25.4.